The van der Waals surface area contributed by atoms with Gasteiger partial charge in [-0.1, -0.05) is 42.5 Å². The number of rotatable bonds is 6. The predicted molar refractivity (Wildman–Crippen MR) is 115 cm³/mol. The van der Waals surface area contributed by atoms with Crippen molar-refractivity contribution in [2.75, 3.05) is 18.5 Å². The highest BCUT2D eigenvalue weighted by Gasteiger charge is 2.42. The van der Waals surface area contributed by atoms with E-state index in [1.165, 1.54) is 22.4 Å². The Balaban J connectivity index is 1.29. The average Bonchev–Trinajstić information content (AvgIpc) is 3.52. The number of phenols is 1. The first-order chi connectivity index (χ1) is 14.5. The number of ether oxygens (including phenoxy) is 1. The Morgan fingerprint density at radius 1 is 1.10 bits per heavy atom. The number of benzene rings is 3. The Hall–Kier alpha value is -3.09. The van der Waals surface area contributed by atoms with Gasteiger partial charge in [-0.3, -0.25) is 4.79 Å². The van der Waals surface area contributed by atoms with Crippen LogP contribution >= 0.6 is 0 Å². The number of aliphatic hydroxyl groups is 1. The molecule has 30 heavy (non-hydrogen) atoms. The fourth-order valence-electron chi connectivity index (χ4n) is 4.17. The first-order valence-electron chi connectivity index (χ1n) is 10.2. The Morgan fingerprint density at radius 2 is 1.90 bits per heavy atom. The number of aromatic hydroxyl groups is 1. The summed E-state index contributed by atoms with van der Waals surface area (Å²) in [5.74, 6) is -0.0601. The van der Waals surface area contributed by atoms with Crippen molar-refractivity contribution in [3.63, 3.8) is 0 Å². The number of aliphatic hydroxyl groups excluding tert-OH is 1. The fraction of sp³-hybridized carbons (Fsp3) is 0.292. The van der Waals surface area contributed by atoms with Crippen molar-refractivity contribution in [1.29, 1.82) is 0 Å². The lowest BCUT2D eigenvalue weighted by Gasteiger charge is -2.25. The van der Waals surface area contributed by atoms with E-state index >= 15 is 0 Å². The Bertz CT molecular complexity index is 1120. The topological polar surface area (TPSA) is 90.8 Å². The van der Waals surface area contributed by atoms with Crippen LogP contribution in [0.3, 0.4) is 0 Å². The zero-order chi connectivity index (χ0) is 20.7. The molecule has 0 bridgehead atoms. The van der Waals surface area contributed by atoms with Gasteiger partial charge in [0, 0.05) is 17.6 Å². The van der Waals surface area contributed by atoms with E-state index in [9.17, 15) is 15.0 Å². The number of hydrogen-bond donors (Lipinski definition) is 4. The number of carbonyl (C=O) groups excluding carboxylic acids is 1. The maximum Gasteiger partial charge on any atom is 0.262 e. The van der Waals surface area contributed by atoms with Crippen LogP contribution in [0.5, 0.6) is 11.5 Å². The van der Waals surface area contributed by atoms with Gasteiger partial charge < -0.3 is 25.6 Å². The number of carbonyl (C=O) groups is 1. The van der Waals surface area contributed by atoms with Crippen LogP contribution in [0.4, 0.5) is 5.69 Å². The fourth-order valence-corrected chi connectivity index (χ4v) is 4.17. The van der Waals surface area contributed by atoms with Crippen molar-refractivity contribution < 1.29 is 19.7 Å². The van der Waals surface area contributed by atoms with Crippen LogP contribution in [0.1, 0.15) is 30.1 Å². The maximum absolute atomic E-state index is 11.6. The molecular formula is C24H24N2O4. The second-order valence-corrected chi connectivity index (χ2v) is 8.25. The minimum atomic E-state index is -0.816. The van der Waals surface area contributed by atoms with Crippen LogP contribution < -0.4 is 15.4 Å². The van der Waals surface area contributed by atoms with Crippen molar-refractivity contribution in [2.45, 2.75) is 30.9 Å². The van der Waals surface area contributed by atoms with E-state index in [0.29, 0.717) is 17.9 Å². The van der Waals surface area contributed by atoms with Gasteiger partial charge in [0.25, 0.3) is 5.91 Å². The van der Waals surface area contributed by atoms with E-state index in [1.807, 2.05) is 6.07 Å². The first kappa shape index (κ1) is 18.9. The summed E-state index contributed by atoms with van der Waals surface area (Å²) >= 11 is 0. The molecule has 6 heteroatoms. The standard InChI is InChI=1S/C24H24N2O4/c27-19-8-7-18(23-22(19)26-21(29)14-30-23)20(28)13-25-24(9-10-24)12-15-5-6-16-3-1-2-4-17(16)11-15/h1-8,11,20,25,27-28H,9-10,12-14H2,(H,26,29). The summed E-state index contributed by atoms with van der Waals surface area (Å²) in [4.78, 5) is 11.6. The highest BCUT2D eigenvalue weighted by molar-refractivity contribution is 5.97. The number of anilines is 1. The highest BCUT2D eigenvalue weighted by Crippen LogP contribution is 2.43. The lowest BCUT2D eigenvalue weighted by Crippen LogP contribution is -2.37. The SMILES string of the molecule is O=C1COc2c(C(O)CNC3(Cc4ccc5ccccc5c4)CC3)ccc(O)c2N1. The number of nitrogens with one attached hydrogen (secondary N) is 2. The lowest BCUT2D eigenvalue weighted by atomic mass is 9.99. The monoisotopic (exact) mass is 404 g/mol. The summed E-state index contributed by atoms with van der Waals surface area (Å²) < 4.78 is 5.49. The van der Waals surface area contributed by atoms with Crippen LogP contribution in [-0.2, 0) is 11.2 Å². The molecular weight excluding hydrogens is 380 g/mol. The highest BCUT2D eigenvalue weighted by atomic mass is 16.5. The summed E-state index contributed by atoms with van der Waals surface area (Å²) in [6.45, 7) is 0.234. The molecule has 4 N–H and O–H groups in total. The van der Waals surface area contributed by atoms with Crippen LogP contribution in [0.15, 0.2) is 54.6 Å². The van der Waals surface area contributed by atoms with Gasteiger partial charge >= 0.3 is 0 Å². The Kier molecular flexibility index (Phi) is 4.60. The van der Waals surface area contributed by atoms with Crippen molar-refractivity contribution in [3.05, 3.63) is 65.7 Å². The molecule has 1 aliphatic carbocycles. The molecule has 0 saturated heterocycles. The molecule has 1 fully saturated rings. The summed E-state index contributed by atoms with van der Waals surface area (Å²) in [5.41, 5.74) is 2.05. The summed E-state index contributed by atoms with van der Waals surface area (Å²) in [7, 11) is 0. The summed E-state index contributed by atoms with van der Waals surface area (Å²) in [6.07, 6.45) is 2.22. The molecule has 1 aliphatic heterocycles. The van der Waals surface area contributed by atoms with Gasteiger partial charge in [0.15, 0.2) is 12.4 Å². The van der Waals surface area contributed by atoms with Gasteiger partial charge in [-0.2, -0.15) is 0 Å². The lowest BCUT2D eigenvalue weighted by molar-refractivity contribution is -0.118. The molecule has 0 radical (unpaired) electrons. The zero-order valence-electron chi connectivity index (χ0n) is 16.5. The van der Waals surface area contributed by atoms with Crippen LogP contribution in [-0.4, -0.2) is 34.8 Å². The number of fused-ring (bicyclic) bond motifs is 2. The number of hydrogen-bond acceptors (Lipinski definition) is 5. The largest absolute Gasteiger partial charge is 0.506 e. The Morgan fingerprint density at radius 3 is 2.70 bits per heavy atom. The molecule has 0 aromatic heterocycles. The minimum Gasteiger partial charge on any atom is -0.506 e. The van der Waals surface area contributed by atoms with Crippen LogP contribution in [0.2, 0.25) is 0 Å². The molecule has 3 aromatic carbocycles. The third kappa shape index (κ3) is 3.60. The second-order valence-electron chi connectivity index (χ2n) is 8.25. The van der Waals surface area contributed by atoms with Gasteiger partial charge in [0.05, 0.1) is 6.10 Å². The molecule has 2 aliphatic rings. The van der Waals surface area contributed by atoms with Crippen LogP contribution in [0.25, 0.3) is 10.8 Å². The molecule has 1 unspecified atom stereocenters. The van der Waals surface area contributed by atoms with Gasteiger partial charge in [0.2, 0.25) is 0 Å². The van der Waals surface area contributed by atoms with Crippen molar-refractivity contribution >= 4 is 22.4 Å². The zero-order valence-corrected chi connectivity index (χ0v) is 16.5. The van der Waals surface area contributed by atoms with E-state index in [-0.39, 0.29) is 29.5 Å². The molecule has 6 nitrogen and oxygen atoms in total. The van der Waals surface area contributed by atoms with Crippen molar-refractivity contribution in [3.8, 4) is 11.5 Å². The first-order valence-corrected chi connectivity index (χ1v) is 10.2. The van der Waals surface area contributed by atoms with E-state index in [2.05, 4.69) is 47.0 Å². The van der Waals surface area contributed by atoms with Gasteiger partial charge in [0.1, 0.15) is 11.4 Å². The van der Waals surface area contributed by atoms with Gasteiger partial charge in [-0.05, 0) is 47.7 Å². The van der Waals surface area contributed by atoms with E-state index in [0.717, 1.165) is 19.3 Å². The Labute approximate surface area is 174 Å². The maximum atomic E-state index is 11.6. The summed E-state index contributed by atoms with van der Waals surface area (Å²) in [6, 6.07) is 18.0. The third-order valence-electron chi connectivity index (χ3n) is 6.02. The molecule has 0 spiro atoms. The van der Waals surface area contributed by atoms with Gasteiger partial charge in [-0.25, -0.2) is 0 Å². The average molecular weight is 404 g/mol. The molecule has 154 valence electrons. The number of β-amino-alcohol motifs (C(OH)–C–C–N with tert-alkyl or cyclic N) is 1. The number of amides is 1. The second kappa shape index (κ2) is 7.31. The van der Waals surface area contributed by atoms with E-state index < -0.39 is 6.10 Å². The van der Waals surface area contributed by atoms with E-state index in [1.54, 1.807) is 6.07 Å². The van der Waals surface area contributed by atoms with Crippen molar-refractivity contribution in [1.82, 2.24) is 5.32 Å². The molecule has 5 rings (SSSR count). The third-order valence-corrected chi connectivity index (χ3v) is 6.02. The van der Waals surface area contributed by atoms with Crippen LogP contribution in [0, 0.1) is 0 Å². The molecule has 1 saturated carbocycles. The normalized spacial score (nSPS) is 17.7. The quantitative estimate of drug-likeness (QED) is 0.474. The summed E-state index contributed by atoms with van der Waals surface area (Å²) in [5, 5.41) is 29.4. The predicted octanol–water partition coefficient (Wildman–Crippen LogP) is 3.27. The molecule has 1 amide bonds. The van der Waals surface area contributed by atoms with Crippen molar-refractivity contribution in [2.24, 2.45) is 0 Å². The van der Waals surface area contributed by atoms with Gasteiger partial charge in [-0.15, -0.1) is 0 Å². The minimum absolute atomic E-state index is 0.00447. The van der Waals surface area contributed by atoms with E-state index in [4.69, 9.17) is 4.74 Å². The molecule has 3 aromatic rings. The number of phenolic OH excluding ortho intramolecular Hbond substituents is 1. The molecule has 1 atom stereocenters. The smallest absolute Gasteiger partial charge is 0.262 e. The molecule has 1 heterocycles.